The summed E-state index contributed by atoms with van der Waals surface area (Å²) < 4.78 is 0. The summed E-state index contributed by atoms with van der Waals surface area (Å²) in [6, 6.07) is 4.75. The van der Waals surface area contributed by atoms with Gasteiger partial charge in [0.1, 0.15) is 0 Å². The van der Waals surface area contributed by atoms with Crippen LogP contribution >= 0.6 is 0 Å². The van der Waals surface area contributed by atoms with Gasteiger partial charge in [0.15, 0.2) is 0 Å². The molecule has 0 aromatic heterocycles. The summed E-state index contributed by atoms with van der Waals surface area (Å²) in [4.78, 5) is 0. The van der Waals surface area contributed by atoms with Gasteiger partial charge in [-0.25, -0.2) is 0 Å². The van der Waals surface area contributed by atoms with Crippen LogP contribution in [0.15, 0.2) is 12.1 Å². The van der Waals surface area contributed by atoms with Crippen LogP contribution in [0.25, 0.3) is 0 Å². The van der Waals surface area contributed by atoms with Crippen molar-refractivity contribution in [1.82, 2.24) is 0 Å². The van der Waals surface area contributed by atoms with Crippen LogP contribution in [0.3, 0.4) is 0 Å². The summed E-state index contributed by atoms with van der Waals surface area (Å²) in [6.07, 6.45) is 0.997. The van der Waals surface area contributed by atoms with E-state index in [9.17, 15) is 0 Å². The summed E-state index contributed by atoms with van der Waals surface area (Å²) in [5.74, 6) is 0. The molecule has 0 bridgehead atoms. The quantitative estimate of drug-likeness (QED) is 0.799. The molecule has 0 aliphatic heterocycles. The SMILES string of the molecule is CCC(N)c1c(C)cc(C(C)(C)C)cc1C. The normalized spacial score (nSPS) is 13.9. The fourth-order valence-corrected chi connectivity index (χ4v) is 2.20. The lowest BCUT2D eigenvalue weighted by Crippen LogP contribution is -2.16. The van der Waals surface area contributed by atoms with Crippen molar-refractivity contribution in [2.45, 2.75) is 59.4 Å². The third-order valence-electron chi connectivity index (χ3n) is 3.27. The van der Waals surface area contributed by atoms with Crippen LogP contribution in [0.1, 0.15) is 62.4 Å². The van der Waals surface area contributed by atoms with Crippen LogP contribution in [-0.4, -0.2) is 0 Å². The first-order valence-electron chi connectivity index (χ1n) is 6.14. The first-order valence-corrected chi connectivity index (χ1v) is 6.14. The van der Waals surface area contributed by atoms with Gasteiger partial charge < -0.3 is 5.73 Å². The lowest BCUT2D eigenvalue weighted by Gasteiger charge is -2.24. The molecule has 1 heteroatoms. The minimum atomic E-state index is 0.175. The zero-order chi connectivity index (χ0) is 12.5. The Bertz CT molecular complexity index is 349. The van der Waals surface area contributed by atoms with Crippen LogP contribution < -0.4 is 5.73 Å². The summed E-state index contributed by atoms with van der Waals surface area (Å²) in [5.41, 5.74) is 11.8. The molecule has 90 valence electrons. The second-order valence-corrected chi connectivity index (χ2v) is 5.79. The van der Waals surface area contributed by atoms with E-state index in [-0.39, 0.29) is 11.5 Å². The number of hydrogen-bond acceptors (Lipinski definition) is 1. The first kappa shape index (κ1) is 13.2. The molecule has 1 unspecified atom stereocenters. The molecule has 1 aromatic carbocycles. The van der Waals surface area contributed by atoms with E-state index in [2.05, 4.69) is 53.7 Å². The lowest BCUT2D eigenvalue weighted by atomic mass is 9.82. The second-order valence-electron chi connectivity index (χ2n) is 5.79. The number of hydrogen-bond donors (Lipinski definition) is 1. The minimum Gasteiger partial charge on any atom is -0.324 e. The van der Waals surface area contributed by atoms with E-state index in [0.717, 1.165) is 6.42 Å². The van der Waals surface area contributed by atoms with Gasteiger partial charge in [-0.2, -0.15) is 0 Å². The van der Waals surface area contributed by atoms with Gasteiger partial charge in [0.05, 0.1) is 0 Å². The zero-order valence-electron chi connectivity index (χ0n) is 11.5. The van der Waals surface area contributed by atoms with Crippen molar-refractivity contribution in [2.75, 3.05) is 0 Å². The Hall–Kier alpha value is -0.820. The fourth-order valence-electron chi connectivity index (χ4n) is 2.20. The highest BCUT2D eigenvalue weighted by atomic mass is 14.6. The van der Waals surface area contributed by atoms with Crippen molar-refractivity contribution in [3.05, 3.63) is 34.4 Å². The van der Waals surface area contributed by atoms with Gasteiger partial charge in [-0.3, -0.25) is 0 Å². The van der Waals surface area contributed by atoms with Crippen molar-refractivity contribution >= 4 is 0 Å². The molecule has 0 saturated carbocycles. The molecule has 0 spiro atoms. The molecule has 0 saturated heterocycles. The molecule has 2 N–H and O–H groups in total. The molecule has 16 heavy (non-hydrogen) atoms. The summed E-state index contributed by atoms with van der Waals surface area (Å²) in [6.45, 7) is 13.2. The maximum absolute atomic E-state index is 6.16. The summed E-state index contributed by atoms with van der Waals surface area (Å²) >= 11 is 0. The second kappa shape index (κ2) is 4.58. The molecule has 0 amide bonds. The predicted molar refractivity (Wildman–Crippen MR) is 71.8 cm³/mol. The minimum absolute atomic E-state index is 0.175. The van der Waals surface area contributed by atoms with E-state index in [1.54, 1.807) is 0 Å². The first-order chi connectivity index (χ1) is 7.27. The Morgan fingerprint density at radius 3 is 1.88 bits per heavy atom. The van der Waals surface area contributed by atoms with Crippen LogP contribution in [0, 0.1) is 13.8 Å². The van der Waals surface area contributed by atoms with Crippen molar-refractivity contribution in [3.63, 3.8) is 0 Å². The summed E-state index contributed by atoms with van der Waals surface area (Å²) in [5, 5.41) is 0. The lowest BCUT2D eigenvalue weighted by molar-refractivity contribution is 0.587. The van der Waals surface area contributed by atoms with Gasteiger partial charge in [0, 0.05) is 6.04 Å². The number of aryl methyl sites for hydroxylation is 2. The summed E-state index contributed by atoms with van der Waals surface area (Å²) in [7, 11) is 0. The molecule has 0 heterocycles. The number of nitrogens with two attached hydrogens (primary N) is 1. The molecule has 1 rings (SSSR count). The molecule has 0 aliphatic carbocycles. The fraction of sp³-hybridized carbons (Fsp3) is 0.600. The molecule has 1 atom stereocenters. The van der Waals surface area contributed by atoms with Gasteiger partial charge in [0.2, 0.25) is 0 Å². The monoisotopic (exact) mass is 219 g/mol. The highest BCUT2D eigenvalue weighted by Crippen LogP contribution is 2.29. The highest BCUT2D eigenvalue weighted by Gasteiger charge is 2.17. The maximum atomic E-state index is 6.16. The Balaban J connectivity index is 3.28. The molecule has 1 nitrogen and oxygen atoms in total. The number of benzene rings is 1. The number of rotatable bonds is 2. The zero-order valence-corrected chi connectivity index (χ0v) is 11.5. The van der Waals surface area contributed by atoms with Crippen LogP contribution in [0.5, 0.6) is 0 Å². The van der Waals surface area contributed by atoms with Gasteiger partial charge in [-0.15, -0.1) is 0 Å². The topological polar surface area (TPSA) is 26.0 Å². The molecule has 0 fully saturated rings. The van der Waals surface area contributed by atoms with Gasteiger partial charge in [0.25, 0.3) is 0 Å². The van der Waals surface area contributed by atoms with E-state index < -0.39 is 0 Å². The third-order valence-corrected chi connectivity index (χ3v) is 3.27. The molecule has 0 aliphatic rings. The van der Waals surface area contributed by atoms with E-state index in [0.29, 0.717) is 0 Å². The van der Waals surface area contributed by atoms with Crippen molar-refractivity contribution in [2.24, 2.45) is 5.73 Å². The smallest absolute Gasteiger partial charge is 0.0297 e. The Morgan fingerprint density at radius 2 is 1.56 bits per heavy atom. The Morgan fingerprint density at radius 1 is 1.12 bits per heavy atom. The van der Waals surface area contributed by atoms with Crippen molar-refractivity contribution < 1.29 is 0 Å². The third kappa shape index (κ3) is 2.65. The highest BCUT2D eigenvalue weighted by molar-refractivity contribution is 5.42. The Labute approximate surface area is 100 Å². The van der Waals surface area contributed by atoms with Crippen LogP contribution in [0.4, 0.5) is 0 Å². The largest absolute Gasteiger partial charge is 0.324 e. The molecular weight excluding hydrogens is 194 g/mol. The van der Waals surface area contributed by atoms with Gasteiger partial charge >= 0.3 is 0 Å². The van der Waals surface area contributed by atoms with E-state index >= 15 is 0 Å². The maximum Gasteiger partial charge on any atom is 0.0297 e. The van der Waals surface area contributed by atoms with E-state index in [1.165, 1.54) is 22.3 Å². The predicted octanol–water partition coefficient (Wildman–Crippen LogP) is 4.01. The van der Waals surface area contributed by atoms with Crippen LogP contribution in [-0.2, 0) is 5.41 Å². The van der Waals surface area contributed by atoms with E-state index in [4.69, 9.17) is 5.73 Å². The molecular formula is C15H25N. The standard InChI is InChI=1S/C15H25N/c1-7-13(16)14-10(2)8-12(9-11(14)3)15(4,5)6/h8-9,13H,7,16H2,1-6H3. The average Bonchev–Trinajstić information content (AvgIpc) is 2.14. The van der Waals surface area contributed by atoms with Crippen LogP contribution in [0.2, 0.25) is 0 Å². The van der Waals surface area contributed by atoms with Crippen molar-refractivity contribution in [3.8, 4) is 0 Å². The van der Waals surface area contributed by atoms with E-state index in [1.807, 2.05) is 0 Å². The average molecular weight is 219 g/mol. The van der Waals surface area contributed by atoms with Gasteiger partial charge in [-0.1, -0.05) is 39.8 Å². The van der Waals surface area contributed by atoms with Crippen molar-refractivity contribution in [1.29, 1.82) is 0 Å². The van der Waals surface area contributed by atoms with Gasteiger partial charge in [-0.05, 0) is 47.9 Å². The molecule has 0 radical (unpaired) electrons. The Kier molecular flexibility index (Phi) is 3.80. The molecule has 1 aromatic rings.